The Morgan fingerprint density at radius 2 is 2.25 bits per heavy atom. The molecule has 1 aromatic heterocycles. The average molecular weight is 375 g/mol. The summed E-state index contributed by atoms with van der Waals surface area (Å²) >= 11 is 11.3. The van der Waals surface area contributed by atoms with Gasteiger partial charge < -0.3 is 15.8 Å². The minimum atomic E-state index is 0.00553. The van der Waals surface area contributed by atoms with Gasteiger partial charge in [0.05, 0.1) is 8.81 Å². The molecule has 0 aliphatic carbocycles. The molecule has 0 saturated carbocycles. The molecule has 0 bridgehead atoms. The molecular weight excluding hydrogens is 362 g/mol. The maximum Gasteiger partial charge on any atom is 0.171 e. The van der Waals surface area contributed by atoms with E-state index in [0.29, 0.717) is 10.6 Å². The van der Waals surface area contributed by atoms with Gasteiger partial charge in [-0.3, -0.25) is 0 Å². The normalized spacial score (nSPS) is 11.7. The maximum atomic E-state index is 8.68. The van der Waals surface area contributed by atoms with Crippen LogP contribution in [-0.4, -0.2) is 18.1 Å². The highest BCUT2D eigenvalue weighted by Crippen LogP contribution is 2.26. The molecule has 0 unspecified atom stereocenters. The molecule has 3 N–H and O–H groups in total. The van der Waals surface area contributed by atoms with E-state index in [2.05, 4.69) is 37.4 Å². The molecule has 106 valence electrons. The Morgan fingerprint density at radius 1 is 1.50 bits per heavy atom. The van der Waals surface area contributed by atoms with Crippen LogP contribution >= 0.6 is 38.9 Å². The summed E-state index contributed by atoms with van der Waals surface area (Å²) in [7, 11) is 1.99. The highest BCUT2D eigenvalue weighted by atomic mass is 79.9. The first kappa shape index (κ1) is 15.2. The van der Waals surface area contributed by atoms with Gasteiger partial charge in [0.2, 0.25) is 0 Å². The lowest BCUT2D eigenvalue weighted by Gasteiger charge is -2.19. The van der Waals surface area contributed by atoms with E-state index in [0.717, 1.165) is 16.0 Å². The standard InChI is InChI=1S/C13H13BrClN3OS/c1-18(6-8-4-12(14)20-7-8)9-2-3-10(11(15)5-9)13(16)17-19/h2-5,7,19H,6H2,1H3,(H2,16,17). The number of amidine groups is 1. The van der Waals surface area contributed by atoms with Crippen LogP contribution in [0.25, 0.3) is 0 Å². The van der Waals surface area contributed by atoms with Crippen LogP contribution in [0.4, 0.5) is 5.69 Å². The van der Waals surface area contributed by atoms with Gasteiger partial charge in [-0.1, -0.05) is 16.8 Å². The molecule has 7 heteroatoms. The highest BCUT2D eigenvalue weighted by molar-refractivity contribution is 9.11. The van der Waals surface area contributed by atoms with Crippen molar-refractivity contribution in [3.63, 3.8) is 0 Å². The zero-order valence-electron chi connectivity index (χ0n) is 10.7. The number of rotatable bonds is 4. The van der Waals surface area contributed by atoms with E-state index < -0.39 is 0 Å². The molecule has 0 spiro atoms. The lowest BCUT2D eigenvalue weighted by atomic mass is 10.1. The van der Waals surface area contributed by atoms with Crippen molar-refractivity contribution in [3.8, 4) is 0 Å². The summed E-state index contributed by atoms with van der Waals surface area (Å²) < 4.78 is 1.11. The lowest BCUT2D eigenvalue weighted by molar-refractivity contribution is 0.318. The van der Waals surface area contributed by atoms with Crippen molar-refractivity contribution >= 4 is 50.4 Å². The first-order chi connectivity index (χ1) is 9.51. The third-order valence-corrected chi connectivity index (χ3v) is 4.68. The molecule has 0 amide bonds. The smallest absolute Gasteiger partial charge is 0.171 e. The number of thiophene rings is 1. The molecule has 2 rings (SSSR count). The molecule has 0 radical (unpaired) electrons. The molecule has 20 heavy (non-hydrogen) atoms. The van der Waals surface area contributed by atoms with E-state index in [-0.39, 0.29) is 5.84 Å². The molecule has 0 fully saturated rings. The summed E-state index contributed by atoms with van der Waals surface area (Å²) in [5.41, 5.74) is 8.25. The Labute approximate surface area is 134 Å². The van der Waals surface area contributed by atoms with Crippen molar-refractivity contribution < 1.29 is 5.21 Å². The van der Waals surface area contributed by atoms with Crippen LogP contribution in [0.3, 0.4) is 0 Å². The molecule has 4 nitrogen and oxygen atoms in total. The number of hydrogen-bond acceptors (Lipinski definition) is 4. The van der Waals surface area contributed by atoms with Crippen molar-refractivity contribution in [2.45, 2.75) is 6.54 Å². The van der Waals surface area contributed by atoms with Gasteiger partial charge in [-0.05, 0) is 51.1 Å². The maximum absolute atomic E-state index is 8.68. The summed E-state index contributed by atoms with van der Waals surface area (Å²) in [5, 5.41) is 14.2. The van der Waals surface area contributed by atoms with Crippen LogP contribution in [-0.2, 0) is 6.54 Å². The van der Waals surface area contributed by atoms with Gasteiger partial charge in [0.15, 0.2) is 5.84 Å². The molecule has 1 aromatic carbocycles. The van der Waals surface area contributed by atoms with E-state index in [9.17, 15) is 0 Å². The first-order valence-corrected chi connectivity index (χ1v) is 7.78. The zero-order valence-corrected chi connectivity index (χ0v) is 13.8. The fourth-order valence-corrected chi connectivity index (χ4v) is 3.27. The lowest BCUT2D eigenvalue weighted by Crippen LogP contribution is -2.17. The number of halogens is 2. The summed E-state index contributed by atoms with van der Waals surface area (Å²) in [5.74, 6) is 0.00553. The fourth-order valence-electron chi connectivity index (χ4n) is 1.80. The van der Waals surface area contributed by atoms with E-state index in [1.54, 1.807) is 23.5 Å². The number of nitrogens with zero attached hydrogens (tertiary/aromatic N) is 2. The molecule has 1 heterocycles. The van der Waals surface area contributed by atoms with E-state index >= 15 is 0 Å². The molecule has 0 aliphatic heterocycles. The summed E-state index contributed by atoms with van der Waals surface area (Å²) in [6.07, 6.45) is 0. The number of nitrogens with two attached hydrogens (primary N) is 1. The second kappa shape index (κ2) is 6.47. The van der Waals surface area contributed by atoms with Crippen LogP contribution in [0.15, 0.2) is 38.6 Å². The molecule has 0 aliphatic rings. The first-order valence-electron chi connectivity index (χ1n) is 5.72. The highest BCUT2D eigenvalue weighted by Gasteiger charge is 2.09. The van der Waals surface area contributed by atoms with Gasteiger partial charge in [-0.2, -0.15) is 0 Å². The number of benzene rings is 1. The predicted molar refractivity (Wildman–Crippen MR) is 88.1 cm³/mol. The summed E-state index contributed by atoms with van der Waals surface area (Å²) in [6.45, 7) is 0.779. The average Bonchev–Trinajstić information content (AvgIpc) is 2.83. The SMILES string of the molecule is CN(Cc1csc(Br)c1)c1ccc(C(N)=NO)c(Cl)c1. The monoisotopic (exact) mass is 373 g/mol. The Morgan fingerprint density at radius 3 is 2.80 bits per heavy atom. The van der Waals surface area contributed by atoms with Crippen molar-refractivity contribution in [2.75, 3.05) is 11.9 Å². The Hall–Kier alpha value is -1.24. The van der Waals surface area contributed by atoms with Crippen LogP contribution in [0.1, 0.15) is 11.1 Å². The van der Waals surface area contributed by atoms with Gasteiger partial charge in [-0.15, -0.1) is 11.3 Å². The van der Waals surface area contributed by atoms with E-state index in [4.69, 9.17) is 22.5 Å². The van der Waals surface area contributed by atoms with Crippen LogP contribution < -0.4 is 10.6 Å². The molecule has 0 atom stereocenters. The topological polar surface area (TPSA) is 61.8 Å². The second-order valence-corrected chi connectivity index (χ2v) is 6.96. The number of oxime groups is 1. The van der Waals surface area contributed by atoms with E-state index in [1.165, 1.54) is 5.56 Å². The number of anilines is 1. The van der Waals surface area contributed by atoms with Crippen molar-refractivity contribution in [1.29, 1.82) is 0 Å². The third kappa shape index (κ3) is 3.45. The predicted octanol–water partition coefficient (Wildman–Crippen LogP) is 3.89. The Kier molecular flexibility index (Phi) is 4.91. The van der Waals surface area contributed by atoms with Crippen LogP contribution in [0.2, 0.25) is 5.02 Å². The Balaban J connectivity index is 2.18. The van der Waals surface area contributed by atoms with Crippen molar-refractivity contribution in [1.82, 2.24) is 0 Å². The van der Waals surface area contributed by atoms with Crippen molar-refractivity contribution in [3.05, 3.63) is 49.6 Å². The van der Waals surface area contributed by atoms with Gasteiger partial charge in [-0.25, -0.2) is 0 Å². The van der Waals surface area contributed by atoms with Gasteiger partial charge in [0, 0.05) is 24.8 Å². The molecule has 0 saturated heterocycles. The molecular formula is C13H13BrClN3OS. The quantitative estimate of drug-likeness (QED) is 0.369. The Bertz CT molecular complexity index is 644. The van der Waals surface area contributed by atoms with Crippen molar-refractivity contribution in [2.24, 2.45) is 10.9 Å². The fraction of sp³-hybridized carbons (Fsp3) is 0.154. The van der Waals surface area contributed by atoms with E-state index in [1.807, 2.05) is 13.1 Å². The minimum absolute atomic E-state index is 0.00553. The van der Waals surface area contributed by atoms with Gasteiger partial charge in [0.25, 0.3) is 0 Å². The second-order valence-electron chi connectivity index (χ2n) is 4.26. The number of hydrogen-bond donors (Lipinski definition) is 2. The van der Waals surface area contributed by atoms with Crippen LogP contribution in [0.5, 0.6) is 0 Å². The minimum Gasteiger partial charge on any atom is -0.409 e. The largest absolute Gasteiger partial charge is 0.409 e. The van der Waals surface area contributed by atoms with Gasteiger partial charge in [0.1, 0.15) is 0 Å². The van der Waals surface area contributed by atoms with Gasteiger partial charge >= 0.3 is 0 Å². The summed E-state index contributed by atoms with van der Waals surface area (Å²) in [4.78, 5) is 2.08. The molecule has 2 aromatic rings. The summed E-state index contributed by atoms with van der Waals surface area (Å²) in [6, 6.07) is 7.53. The third-order valence-electron chi connectivity index (χ3n) is 2.82. The van der Waals surface area contributed by atoms with Crippen LogP contribution in [0, 0.1) is 0 Å². The zero-order chi connectivity index (χ0) is 14.7.